The van der Waals surface area contributed by atoms with Crippen LogP contribution in [0.1, 0.15) is 4.88 Å². The first-order valence-electron chi connectivity index (χ1n) is 5.75. The first-order valence-corrected chi connectivity index (χ1v) is 9.26. The number of aliphatic hydroxyl groups is 1. The van der Waals surface area contributed by atoms with Gasteiger partial charge in [-0.2, -0.15) is 0 Å². The van der Waals surface area contributed by atoms with Crippen molar-refractivity contribution in [3.05, 3.63) is 32.6 Å². The number of sulfonamides is 1. The predicted molar refractivity (Wildman–Crippen MR) is 84.6 cm³/mol. The molecule has 1 amide bonds. The summed E-state index contributed by atoms with van der Waals surface area (Å²) in [6.45, 7) is 0. The van der Waals surface area contributed by atoms with E-state index in [1.54, 1.807) is 5.38 Å². The lowest BCUT2D eigenvalue weighted by atomic mass is 10.3. The van der Waals surface area contributed by atoms with Gasteiger partial charge >= 0.3 is 0 Å². The lowest BCUT2D eigenvalue weighted by Gasteiger charge is -2.26. The maximum atomic E-state index is 12.4. The van der Waals surface area contributed by atoms with Gasteiger partial charge < -0.3 is 5.11 Å². The molecule has 0 spiro atoms. The Morgan fingerprint density at radius 2 is 2.23 bits per heavy atom. The van der Waals surface area contributed by atoms with Crippen molar-refractivity contribution < 1.29 is 18.3 Å². The van der Waals surface area contributed by atoms with Crippen LogP contribution >= 0.6 is 34.3 Å². The van der Waals surface area contributed by atoms with E-state index in [0.717, 1.165) is 15.6 Å². The number of aromatic nitrogens is 1. The van der Waals surface area contributed by atoms with Crippen LogP contribution in [0.5, 0.6) is 0 Å². The van der Waals surface area contributed by atoms with Gasteiger partial charge in [0.25, 0.3) is 15.9 Å². The average molecular weight is 378 g/mol. The summed E-state index contributed by atoms with van der Waals surface area (Å²) in [6.07, 6.45) is 1.49. The molecule has 0 bridgehead atoms. The summed E-state index contributed by atoms with van der Waals surface area (Å²) in [4.78, 5) is 16.1. The molecular weight excluding hydrogens is 370 g/mol. The second kappa shape index (κ2) is 5.23. The maximum Gasteiger partial charge on any atom is 0.278 e. The summed E-state index contributed by atoms with van der Waals surface area (Å²) in [5, 5.41) is 14.7. The molecule has 22 heavy (non-hydrogen) atoms. The molecule has 0 atom stereocenters. The number of anilines is 1. The van der Waals surface area contributed by atoms with Crippen LogP contribution in [-0.4, -0.2) is 35.8 Å². The van der Waals surface area contributed by atoms with Gasteiger partial charge in [-0.3, -0.25) is 14.4 Å². The average Bonchev–Trinajstić information content (AvgIpc) is 3.07. The fourth-order valence-corrected chi connectivity index (χ4v) is 5.39. The largest absolute Gasteiger partial charge is 0.504 e. The fourth-order valence-electron chi connectivity index (χ4n) is 1.92. The maximum absolute atomic E-state index is 12.4. The van der Waals surface area contributed by atoms with Crippen molar-refractivity contribution in [1.82, 2.24) is 9.29 Å². The molecule has 0 fully saturated rings. The molecule has 0 aliphatic carbocycles. The van der Waals surface area contributed by atoms with E-state index in [2.05, 4.69) is 10.3 Å². The second-order valence-corrected chi connectivity index (χ2v) is 8.72. The lowest BCUT2D eigenvalue weighted by molar-refractivity contribution is -0.113. The summed E-state index contributed by atoms with van der Waals surface area (Å²) in [7, 11) is -2.75. The molecule has 2 N–H and O–H groups in total. The third-order valence-electron chi connectivity index (χ3n) is 2.93. The van der Waals surface area contributed by atoms with E-state index in [0.29, 0.717) is 5.13 Å². The Kier molecular flexibility index (Phi) is 3.63. The molecule has 3 rings (SSSR count). The van der Waals surface area contributed by atoms with E-state index in [9.17, 15) is 18.3 Å². The molecule has 1 aliphatic heterocycles. The molecule has 11 heteroatoms. The van der Waals surface area contributed by atoms with Crippen LogP contribution in [0.15, 0.2) is 28.2 Å². The highest BCUT2D eigenvalue weighted by Crippen LogP contribution is 2.41. The number of hydrogen-bond acceptors (Lipinski definition) is 7. The quantitative estimate of drug-likeness (QED) is 0.836. The minimum atomic E-state index is -3.94. The number of aliphatic hydroxyl groups excluding tert-OH is 1. The summed E-state index contributed by atoms with van der Waals surface area (Å²) in [6, 6.07) is 1.25. The summed E-state index contributed by atoms with van der Waals surface area (Å²) < 4.78 is 25.8. The summed E-state index contributed by atoms with van der Waals surface area (Å²) >= 11 is 7.89. The number of rotatable bonds is 2. The van der Waals surface area contributed by atoms with Gasteiger partial charge in [0.05, 0.1) is 9.21 Å². The predicted octanol–water partition coefficient (Wildman–Crippen LogP) is 2.36. The second-order valence-electron chi connectivity index (χ2n) is 4.21. The van der Waals surface area contributed by atoms with Crippen LogP contribution in [0.2, 0.25) is 4.34 Å². The van der Waals surface area contributed by atoms with Crippen molar-refractivity contribution in [3.8, 4) is 0 Å². The van der Waals surface area contributed by atoms with Crippen molar-refractivity contribution in [2.75, 3.05) is 12.4 Å². The van der Waals surface area contributed by atoms with Crippen LogP contribution in [-0.2, 0) is 14.8 Å². The van der Waals surface area contributed by atoms with Gasteiger partial charge in [0.2, 0.25) is 0 Å². The lowest BCUT2D eigenvalue weighted by Crippen LogP contribution is -2.36. The van der Waals surface area contributed by atoms with Crippen molar-refractivity contribution >= 4 is 61.1 Å². The highest BCUT2D eigenvalue weighted by atomic mass is 35.5. The van der Waals surface area contributed by atoms with Gasteiger partial charge in [-0.15, -0.1) is 22.7 Å². The Labute approximate surface area is 138 Å². The number of hydrogen-bond donors (Lipinski definition) is 2. The number of thiophene rings is 1. The van der Waals surface area contributed by atoms with Gasteiger partial charge in [0.15, 0.2) is 16.6 Å². The fraction of sp³-hybridized carbons (Fsp3) is 0.0909. The first-order chi connectivity index (χ1) is 10.3. The minimum Gasteiger partial charge on any atom is -0.504 e. The standard InChI is InChI=1S/C11H8ClN3O4S3/c1-15-7(10(17)14-11-13-2-3-20-11)8(16)9-5(22(15,18)19)4-6(12)21-9/h2-4,16H,1H3,(H,13,14,17). The highest BCUT2D eigenvalue weighted by molar-refractivity contribution is 7.89. The van der Waals surface area contributed by atoms with Crippen molar-refractivity contribution in [3.63, 3.8) is 0 Å². The van der Waals surface area contributed by atoms with Crippen molar-refractivity contribution in [2.24, 2.45) is 0 Å². The van der Waals surface area contributed by atoms with Crippen LogP contribution in [0.3, 0.4) is 0 Å². The first kappa shape index (κ1) is 15.3. The Hall–Kier alpha value is -1.62. The number of thiazole rings is 1. The Morgan fingerprint density at radius 3 is 2.86 bits per heavy atom. The van der Waals surface area contributed by atoms with Crippen LogP contribution < -0.4 is 5.32 Å². The Morgan fingerprint density at radius 1 is 1.50 bits per heavy atom. The van der Waals surface area contributed by atoms with E-state index in [-0.39, 0.29) is 19.8 Å². The molecule has 2 aromatic rings. The number of carbonyl (C=O) groups is 1. The van der Waals surface area contributed by atoms with E-state index < -0.39 is 21.7 Å². The van der Waals surface area contributed by atoms with Crippen molar-refractivity contribution in [1.29, 1.82) is 0 Å². The minimum absolute atomic E-state index is 0.0485. The number of halogens is 1. The molecule has 0 saturated heterocycles. The van der Waals surface area contributed by atoms with Gasteiger partial charge in [-0.05, 0) is 6.07 Å². The monoisotopic (exact) mass is 377 g/mol. The molecule has 0 unspecified atom stereocenters. The zero-order valence-electron chi connectivity index (χ0n) is 10.9. The number of carbonyl (C=O) groups excluding carboxylic acids is 1. The third kappa shape index (κ3) is 2.28. The Balaban J connectivity index is 2.11. The number of amides is 1. The summed E-state index contributed by atoms with van der Waals surface area (Å²) in [5.41, 5.74) is -0.374. The number of likely N-dealkylation sites (N-methyl/N-ethyl adjacent to an activating group) is 1. The van der Waals surface area contributed by atoms with E-state index in [4.69, 9.17) is 11.6 Å². The molecule has 3 heterocycles. The van der Waals surface area contributed by atoms with Gasteiger partial charge in [-0.25, -0.2) is 13.4 Å². The molecule has 7 nitrogen and oxygen atoms in total. The van der Waals surface area contributed by atoms with Crippen LogP contribution in [0, 0.1) is 0 Å². The highest BCUT2D eigenvalue weighted by Gasteiger charge is 2.39. The number of nitrogens with zero attached hydrogens (tertiary/aromatic N) is 2. The van der Waals surface area contributed by atoms with E-state index in [1.165, 1.54) is 30.6 Å². The van der Waals surface area contributed by atoms with E-state index in [1.807, 2.05) is 0 Å². The number of nitrogens with one attached hydrogen (secondary N) is 1. The molecule has 0 radical (unpaired) electrons. The zero-order valence-corrected chi connectivity index (χ0v) is 14.1. The van der Waals surface area contributed by atoms with Crippen LogP contribution in [0.25, 0.3) is 5.76 Å². The molecule has 1 aliphatic rings. The molecule has 116 valence electrons. The smallest absolute Gasteiger partial charge is 0.278 e. The molecular formula is C11H8ClN3O4S3. The third-order valence-corrected chi connectivity index (χ3v) is 6.80. The topological polar surface area (TPSA) is 99.6 Å². The zero-order chi connectivity index (χ0) is 16.1. The Bertz CT molecular complexity index is 886. The molecule has 0 aromatic carbocycles. The molecule has 0 saturated carbocycles. The van der Waals surface area contributed by atoms with E-state index >= 15 is 0 Å². The molecule has 2 aromatic heterocycles. The van der Waals surface area contributed by atoms with Gasteiger partial charge in [-0.1, -0.05) is 11.6 Å². The SMILES string of the molecule is CN1C(C(=O)Nc2nccs2)=C(O)c2sc(Cl)cc2S1(=O)=O. The van der Waals surface area contributed by atoms with Crippen LogP contribution in [0.4, 0.5) is 5.13 Å². The normalized spacial score (nSPS) is 16.5. The van der Waals surface area contributed by atoms with Gasteiger partial charge in [0, 0.05) is 18.6 Å². The number of fused-ring (bicyclic) bond motifs is 1. The summed E-state index contributed by atoms with van der Waals surface area (Å²) in [5.74, 6) is -1.20. The van der Waals surface area contributed by atoms with Gasteiger partial charge in [0.1, 0.15) is 4.90 Å². The van der Waals surface area contributed by atoms with Crippen molar-refractivity contribution in [2.45, 2.75) is 4.90 Å².